The topological polar surface area (TPSA) is 69.0 Å². The number of nitrogens with one attached hydrogen (secondary N) is 1. The number of aromatic nitrogens is 3. The van der Waals surface area contributed by atoms with Crippen molar-refractivity contribution in [2.75, 3.05) is 5.32 Å². The summed E-state index contributed by atoms with van der Waals surface area (Å²) in [6, 6.07) is 14.6. The van der Waals surface area contributed by atoms with E-state index in [-0.39, 0.29) is 34.6 Å². The molecule has 0 unspecified atom stereocenters. The normalized spacial score (nSPS) is 11.4. The second kappa shape index (κ2) is 9.50. The van der Waals surface area contributed by atoms with E-state index in [0.717, 1.165) is 0 Å². The molecule has 10 heteroatoms. The number of nitrogens with zero attached hydrogens (tertiary/aromatic N) is 3. The number of alkyl halides is 4. The van der Waals surface area contributed by atoms with E-state index in [1.165, 1.54) is 22.9 Å². The second-order valence-electron chi connectivity index (χ2n) is 7.63. The predicted octanol–water partition coefficient (Wildman–Crippen LogP) is 5.89. The molecule has 2 aromatic carbocycles. The SMILES string of the molecule is Cc1ccc(NC(=O)Cn2nc(C)c3c(C(F)F)cc(-c4ccccc4)nc32)c(OC(F)F)c1. The molecule has 0 bridgehead atoms. The molecular weight excluding hydrogens is 452 g/mol. The molecule has 34 heavy (non-hydrogen) atoms. The monoisotopic (exact) mass is 472 g/mol. The van der Waals surface area contributed by atoms with Gasteiger partial charge in [0.05, 0.1) is 22.5 Å². The number of carbonyl (C=O) groups excluding carboxylic acids is 1. The molecule has 2 aromatic heterocycles. The van der Waals surface area contributed by atoms with E-state index >= 15 is 0 Å². The summed E-state index contributed by atoms with van der Waals surface area (Å²) in [5, 5.41) is 6.92. The number of fused-ring (bicyclic) bond motifs is 1. The minimum absolute atomic E-state index is 0.0512. The van der Waals surface area contributed by atoms with Crippen LogP contribution in [0.3, 0.4) is 0 Å². The number of hydrogen-bond donors (Lipinski definition) is 1. The van der Waals surface area contributed by atoms with Crippen molar-refractivity contribution in [1.82, 2.24) is 14.8 Å². The number of carbonyl (C=O) groups is 1. The van der Waals surface area contributed by atoms with Gasteiger partial charge in [-0.05, 0) is 37.6 Å². The number of pyridine rings is 1. The standard InChI is InChI=1S/C24H20F4N4O2/c1-13-8-9-17(19(10-13)34-24(27)28)29-20(33)12-32-23-21(14(2)31-32)16(22(25)26)11-18(30-23)15-6-4-3-5-7-15/h3-11,22,24H,12H2,1-2H3,(H,29,33). The third-order valence-electron chi connectivity index (χ3n) is 5.13. The molecular formula is C24H20F4N4O2. The first kappa shape index (κ1) is 23.2. The number of rotatable bonds is 7. The van der Waals surface area contributed by atoms with Gasteiger partial charge in [-0.15, -0.1) is 0 Å². The van der Waals surface area contributed by atoms with Gasteiger partial charge in [-0.2, -0.15) is 13.9 Å². The largest absolute Gasteiger partial charge is 0.433 e. The fourth-order valence-electron chi connectivity index (χ4n) is 3.68. The molecule has 0 aliphatic heterocycles. The fourth-order valence-corrected chi connectivity index (χ4v) is 3.68. The number of anilines is 1. The van der Waals surface area contributed by atoms with Crippen LogP contribution >= 0.6 is 0 Å². The number of hydrogen-bond acceptors (Lipinski definition) is 4. The van der Waals surface area contributed by atoms with Crippen LogP contribution in [-0.2, 0) is 11.3 Å². The van der Waals surface area contributed by atoms with E-state index in [2.05, 4.69) is 20.1 Å². The zero-order chi connectivity index (χ0) is 24.4. The smallest absolute Gasteiger partial charge is 0.387 e. The molecule has 0 spiro atoms. The number of halogens is 4. The van der Waals surface area contributed by atoms with Crippen molar-refractivity contribution in [1.29, 1.82) is 0 Å². The van der Waals surface area contributed by atoms with Crippen molar-refractivity contribution in [2.45, 2.75) is 33.4 Å². The molecule has 0 fully saturated rings. The Bertz CT molecular complexity index is 1340. The number of amides is 1. The predicted molar refractivity (Wildman–Crippen MR) is 119 cm³/mol. The maximum absolute atomic E-state index is 13.9. The first-order chi connectivity index (χ1) is 16.2. The Morgan fingerprint density at radius 2 is 1.79 bits per heavy atom. The molecule has 176 valence electrons. The van der Waals surface area contributed by atoms with Crippen molar-refractivity contribution in [3.63, 3.8) is 0 Å². The highest BCUT2D eigenvalue weighted by molar-refractivity contribution is 5.93. The number of aryl methyl sites for hydroxylation is 2. The molecule has 4 rings (SSSR count). The summed E-state index contributed by atoms with van der Waals surface area (Å²) in [6.45, 7) is -0.191. The molecule has 0 aliphatic carbocycles. The Morgan fingerprint density at radius 3 is 2.47 bits per heavy atom. The highest BCUT2D eigenvalue weighted by Crippen LogP contribution is 2.33. The lowest BCUT2D eigenvalue weighted by Crippen LogP contribution is -2.20. The van der Waals surface area contributed by atoms with E-state index in [0.29, 0.717) is 22.5 Å². The molecule has 2 heterocycles. The van der Waals surface area contributed by atoms with Crippen LogP contribution in [0.5, 0.6) is 5.75 Å². The summed E-state index contributed by atoms with van der Waals surface area (Å²) in [5.74, 6) is -0.799. The highest BCUT2D eigenvalue weighted by atomic mass is 19.3. The molecule has 0 saturated heterocycles. The van der Waals surface area contributed by atoms with Gasteiger partial charge in [0.25, 0.3) is 6.43 Å². The maximum Gasteiger partial charge on any atom is 0.387 e. The van der Waals surface area contributed by atoms with Crippen LogP contribution in [0.1, 0.15) is 23.2 Å². The van der Waals surface area contributed by atoms with E-state index in [1.807, 2.05) is 0 Å². The van der Waals surface area contributed by atoms with Crippen molar-refractivity contribution in [2.24, 2.45) is 0 Å². The quantitative estimate of drug-likeness (QED) is 0.341. The van der Waals surface area contributed by atoms with Crippen LogP contribution in [0.4, 0.5) is 23.2 Å². The lowest BCUT2D eigenvalue weighted by Gasteiger charge is -2.13. The Kier molecular flexibility index (Phi) is 6.49. The van der Waals surface area contributed by atoms with Gasteiger partial charge < -0.3 is 10.1 Å². The molecule has 0 radical (unpaired) electrons. The molecule has 0 saturated carbocycles. The number of ether oxygens (including phenoxy) is 1. The van der Waals surface area contributed by atoms with Crippen molar-refractivity contribution in [3.05, 3.63) is 71.4 Å². The van der Waals surface area contributed by atoms with Gasteiger partial charge in [0.15, 0.2) is 5.65 Å². The number of benzene rings is 2. The summed E-state index contributed by atoms with van der Waals surface area (Å²) in [5.41, 5.74) is 1.85. The van der Waals surface area contributed by atoms with Crippen molar-refractivity contribution < 1.29 is 27.1 Å². The minimum atomic E-state index is -3.07. The van der Waals surface area contributed by atoms with E-state index in [1.54, 1.807) is 50.2 Å². The summed E-state index contributed by atoms with van der Waals surface area (Å²) in [4.78, 5) is 17.2. The fraction of sp³-hybridized carbons (Fsp3) is 0.208. The highest BCUT2D eigenvalue weighted by Gasteiger charge is 2.22. The van der Waals surface area contributed by atoms with Crippen LogP contribution in [0.25, 0.3) is 22.3 Å². The van der Waals surface area contributed by atoms with E-state index in [9.17, 15) is 22.4 Å². The first-order valence-electron chi connectivity index (χ1n) is 10.3. The van der Waals surface area contributed by atoms with Gasteiger partial charge in [0.2, 0.25) is 5.91 Å². The third-order valence-corrected chi connectivity index (χ3v) is 5.13. The average molecular weight is 472 g/mol. The van der Waals surface area contributed by atoms with Gasteiger partial charge >= 0.3 is 6.61 Å². The zero-order valence-corrected chi connectivity index (χ0v) is 18.2. The third kappa shape index (κ3) is 4.85. The van der Waals surface area contributed by atoms with Gasteiger partial charge in [-0.3, -0.25) is 4.79 Å². The van der Waals surface area contributed by atoms with Gasteiger partial charge in [-0.25, -0.2) is 18.4 Å². The average Bonchev–Trinajstić information content (AvgIpc) is 3.10. The van der Waals surface area contributed by atoms with Gasteiger partial charge in [0, 0.05) is 11.1 Å². The summed E-state index contributed by atoms with van der Waals surface area (Å²) >= 11 is 0. The second-order valence-corrected chi connectivity index (χ2v) is 7.63. The molecule has 0 aliphatic rings. The lowest BCUT2D eigenvalue weighted by atomic mass is 10.1. The van der Waals surface area contributed by atoms with Gasteiger partial charge in [0.1, 0.15) is 12.3 Å². The van der Waals surface area contributed by atoms with E-state index in [4.69, 9.17) is 0 Å². The van der Waals surface area contributed by atoms with Gasteiger partial charge in [-0.1, -0.05) is 36.4 Å². The Labute approximate surface area is 192 Å². The van der Waals surface area contributed by atoms with Crippen LogP contribution in [0.2, 0.25) is 0 Å². The Hall–Kier alpha value is -3.95. The lowest BCUT2D eigenvalue weighted by molar-refractivity contribution is -0.116. The minimum Gasteiger partial charge on any atom is -0.433 e. The Morgan fingerprint density at radius 1 is 1.06 bits per heavy atom. The molecule has 0 atom stereocenters. The summed E-state index contributed by atoms with van der Waals surface area (Å²) in [7, 11) is 0. The van der Waals surface area contributed by atoms with Crippen molar-refractivity contribution in [3.8, 4) is 17.0 Å². The van der Waals surface area contributed by atoms with Crippen molar-refractivity contribution >= 4 is 22.6 Å². The summed E-state index contributed by atoms with van der Waals surface area (Å²) < 4.78 is 59.0. The molecule has 6 nitrogen and oxygen atoms in total. The first-order valence-corrected chi connectivity index (χ1v) is 10.3. The maximum atomic E-state index is 13.9. The van der Waals surface area contributed by atoms with Crippen LogP contribution in [-0.4, -0.2) is 27.3 Å². The molecule has 1 N–H and O–H groups in total. The zero-order valence-electron chi connectivity index (χ0n) is 18.2. The Balaban J connectivity index is 1.70. The molecule has 4 aromatic rings. The van der Waals surface area contributed by atoms with Crippen LogP contribution < -0.4 is 10.1 Å². The van der Waals surface area contributed by atoms with Crippen LogP contribution in [0, 0.1) is 13.8 Å². The molecule has 1 amide bonds. The summed E-state index contributed by atoms with van der Waals surface area (Å²) in [6.07, 6.45) is -2.78. The van der Waals surface area contributed by atoms with Crippen LogP contribution in [0.15, 0.2) is 54.6 Å². The van der Waals surface area contributed by atoms with E-state index < -0.39 is 18.9 Å².